The third kappa shape index (κ3) is 13.1. The maximum atomic E-state index is 11.7. The SMILES string of the molecule is CC.CCC(C)(C)C.CCOCCOc1ccc(-c2ccc(S(=O)CC=O)cc2)cc1. The van der Waals surface area contributed by atoms with Gasteiger partial charge >= 0.3 is 0 Å². The summed E-state index contributed by atoms with van der Waals surface area (Å²) in [5, 5.41) is 0. The topological polar surface area (TPSA) is 52.6 Å². The largest absolute Gasteiger partial charge is 0.491 e. The van der Waals surface area contributed by atoms with Crippen molar-refractivity contribution in [2.24, 2.45) is 5.41 Å². The van der Waals surface area contributed by atoms with Gasteiger partial charge in [0.05, 0.1) is 23.2 Å². The molecule has 0 bridgehead atoms. The molecule has 31 heavy (non-hydrogen) atoms. The minimum atomic E-state index is -1.26. The number of hydrogen-bond donors (Lipinski definition) is 0. The number of benzene rings is 2. The van der Waals surface area contributed by atoms with E-state index in [-0.39, 0.29) is 5.75 Å². The first-order chi connectivity index (χ1) is 14.8. The Morgan fingerprint density at radius 1 is 0.871 bits per heavy atom. The zero-order chi connectivity index (χ0) is 23.7. The van der Waals surface area contributed by atoms with Crippen molar-refractivity contribution in [3.63, 3.8) is 0 Å². The van der Waals surface area contributed by atoms with Crippen molar-refractivity contribution < 1.29 is 18.5 Å². The van der Waals surface area contributed by atoms with Gasteiger partial charge in [-0.25, -0.2) is 0 Å². The number of hydrogen-bond acceptors (Lipinski definition) is 4. The molecular weight excluding hydrogens is 408 g/mol. The fourth-order valence-electron chi connectivity index (χ4n) is 2.06. The lowest BCUT2D eigenvalue weighted by Gasteiger charge is -2.12. The molecule has 0 N–H and O–H groups in total. The maximum absolute atomic E-state index is 11.7. The Morgan fingerprint density at radius 3 is 1.77 bits per heavy atom. The fourth-order valence-corrected chi connectivity index (χ4v) is 2.82. The van der Waals surface area contributed by atoms with E-state index in [1.54, 1.807) is 12.1 Å². The van der Waals surface area contributed by atoms with E-state index >= 15 is 0 Å². The average molecular weight is 449 g/mol. The Balaban J connectivity index is 0.000000970. The lowest BCUT2D eigenvalue weighted by molar-refractivity contribution is -0.105. The molecule has 0 heterocycles. The molecule has 0 saturated carbocycles. The molecule has 1 atom stereocenters. The molecule has 0 aliphatic carbocycles. The minimum Gasteiger partial charge on any atom is -0.491 e. The van der Waals surface area contributed by atoms with Crippen molar-refractivity contribution in [1.29, 1.82) is 0 Å². The summed E-state index contributed by atoms with van der Waals surface area (Å²) in [6.45, 7) is 16.7. The predicted octanol–water partition coefficient (Wildman–Crippen LogP) is 6.54. The van der Waals surface area contributed by atoms with Crippen molar-refractivity contribution in [2.75, 3.05) is 25.6 Å². The van der Waals surface area contributed by atoms with Crippen LogP contribution in [0.3, 0.4) is 0 Å². The van der Waals surface area contributed by atoms with Crippen LogP contribution in [0.1, 0.15) is 54.9 Å². The van der Waals surface area contributed by atoms with Gasteiger partial charge in [0, 0.05) is 11.5 Å². The molecule has 0 saturated heterocycles. The van der Waals surface area contributed by atoms with Gasteiger partial charge < -0.3 is 14.3 Å². The molecule has 2 aromatic rings. The van der Waals surface area contributed by atoms with Crippen molar-refractivity contribution in [3.05, 3.63) is 48.5 Å². The molecule has 2 aromatic carbocycles. The molecule has 0 amide bonds. The van der Waals surface area contributed by atoms with Gasteiger partial charge in [0.15, 0.2) is 0 Å². The van der Waals surface area contributed by atoms with Crippen molar-refractivity contribution in [3.8, 4) is 16.9 Å². The van der Waals surface area contributed by atoms with Gasteiger partial charge in [0.1, 0.15) is 18.6 Å². The Labute approximate surface area is 191 Å². The van der Waals surface area contributed by atoms with E-state index in [0.717, 1.165) is 16.9 Å². The van der Waals surface area contributed by atoms with Crippen LogP contribution in [-0.4, -0.2) is 36.1 Å². The molecular formula is C26H40O4S. The van der Waals surface area contributed by atoms with E-state index in [1.165, 1.54) is 6.42 Å². The summed E-state index contributed by atoms with van der Waals surface area (Å²) in [5.41, 5.74) is 2.62. The Hall–Kier alpha value is -1.98. The van der Waals surface area contributed by atoms with E-state index in [9.17, 15) is 9.00 Å². The monoisotopic (exact) mass is 448 g/mol. The van der Waals surface area contributed by atoms with Gasteiger partial charge in [-0.05, 0) is 47.7 Å². The van der Waals surface area contributed by atoms with Crippen LogP contribution in [0.4, 0.5) is 0 Å². The van der Waals surface area contributed by atoms with E-state index in [4.69, 9.17) is 9.47 Å². The van der Waals surface area contributed by atoms with E-state index in [1.807, 2.05) is 57.2 Å². The molecule has 4 nitrogen and oxygen atoms in total. The first-order valence-corrected chi connectivity index (χ1v) is 12.4. The van der Waals surface area contributed by atoms with Gasteiger partial charge in [-0.2, -0.15) is 0 Å². The molecule has 0 fully saturated rings. The Kier molecular flexibility index (Phi) is 15.6. The average Bonchev–Trinajstić information content (AvgIpc) is 2.79. The number of aldehydes is 1. The summed E-state index contributed by atoms with van der Waals surface area (Å²) < 4.78 is 22.5. The number of rotatable bonds is 9. The van der Waals surface area contributed by atoms with Crippen LogP contribution in [0.25, 0.3) is 11.1 Å². The van der Waals surface area contributed by atoms with Crippen LogP contribution in [0.5, 0.6) is 5.75 Å². The summed E-state index contributed by atoms with van der Waals surface area (Å²) in [5.74, 6) is 0.838. The van der Waals surface area contributed by atoms with Crippen molar-refractivity contribution >= 4 is 17.1 Å². The van der Waals surface area contributed by atoms with Gasteiger partial charge in [-0.15, -0.1) is 0 Å². The van der Waals surface area contributed by atoms with Gasteiger partial charge in [0.2, 0.25) is 0 Å². The van der Waals surface area contributed by atoms with Crippen LogP contribution < -0.4 is 4.74 Å². The highest BCUT2D eigenvalue weighted by Gasteiger charge is 2.05. The first kappa shape index (κ1) is 29.0. The van der Waals surface area contributed by atoms with Crippen LogP contribution in [0.15, 0.2) is 53.4 Å². The van der Waals surface area contributed by atoms with Crippen molar-refractivity contribution in [2.45, 2.75) is 59.8 Å². The molecule has 0 aromatic heterocycles. The summed E-state index contributed by atoms with van der Waals surface area (Å²) in [6.07, 6.45) is 1.95. The molecule has 2 rings (SSSR count). The second kappa shape index (κ2) is 16.7. The second-order valence-electron chi connectivity index (χ2n) is 7.69. The summed E-state index contributed by atoms with van der Waals surface area (Å²) in [6, 6.07) is 15.2. The lowest BCUT2D eigenvalue weighted by Crippen LogP contribution is -2.06. The van der Waals surface area contributed by atoms with E-state index in [0.29, 0.717) is 36.4 Å². The van der Waals surface area contributed by atoms with E-state index in [2.05, 4.69) is 27.7 Å². The zero-order valence-electron chi connectivity index (χ0n) is 20.3. The highest BCUT2D eigenvalue weighted by molar-refractivity contribution is 7.85. The number of carbonyl (C=O) groups excluding carboxylic acids is 1. The summed E-state index contributed by atoms with van der Waals surface area (Å²) in [4.78, 5) is 11.1. The highest BCUT2D eigenvalue weighted by Crippen LogP contribution is 2.23. The molecule has 0 radical (unpaired) electrons. The lowest BCUT2D eigenvalue weighted by atomic mass is 9.94. The minimum absolute atomic E-state index is 0.0348. The highest BCUT2D eigenvalue weighted by atomic mass is 32.2. The third-order valence-corrected chi connectivity index (χ3v) is 5.52. The Morgan fingerprint density at radius 2 is 1.35 bits per heavy atom. The number of ether oxygens (including phenoxy) is 2. The smallest absolute Gasteiger partial charge is 0.132 e. The summed E-state index contributed by atoms with van der Waals surface area (Å²) in [7, 11) is -1.26. The first-order valence-electron chi connectivity index (χ1n) is 11.0. The molecule has 0 spiro atoms. The van der Waals surface area contributed by atoms with Gasteiger partial charge in [-0.1, -0.05) is 72.2 Å². The molecule has 0 aliphatic rings. The normalized spacial score (nSPS) is 11.3. The zero-order valence-corrected chi connectivity index (χ0v) is 21.1. The van der Waals surface area contributed by atoms with Crippen LogP contribution in [0.2, 0.25) is 0 Å². The third-order valence-electron chi connectivity index (χ3n) is 4.29. The second-order valence-corrected chi connectivity index (χ2v) is 9.18. The van der Waals surface area contributed by atoms with Crippen LogP contribution in [0, 0.1) is 5.41 Å². The fraction of sp³-hybridized carbons (Fsp3) is 0.500. The summed E-state index contributed by atoms with van der Waals surface area (Å²) >= 11 is 0. The maximum Gasteiger partial charge on any atom is 0.132 e. The molecule has 174 valence electrons. The van der Waals surface area contributed by atoms with Crippen LogP contribution >= 0.6 is 0 Å². The number of carbonyl (C=O) groups is 1. The Bertz CT molecular complexity index is 731. The standard InChI is InChI=1S/C18H20O4S.C6H14.C2H6/c1-2-21-12-13-22-17-7-3-15(4-8-17)16-5-9-18(10-6-16)23(20)14-11-19;1-5-6(2,3)4;1-2/h3-11H,2,12-14H2,1H3;5H2,1-4H3;1-2H3. The quantitative estimate of drug-likeness (QED) is 0.323. The molecule has 5 heteroatoms. The van der Waals surface area contributed by atoms with Crippen LogP contribution in [-0.2, 0) is 20.3 Å². The van der Waals surface area contributed by atoms with E-state index < -0.39 is 10.8 Å². The van der Waals surface area contributed by atoms with Gasteiger partial charge in [-0.3, -0.25) is 4.21 Å². The van der Waals surface area contributed by atoms with Gasteiger partial charge in [0.25, 0.3) is 0 Å². The predicted molar refractivity (Wildman–Crippen MR) is 132 cm³/mol. The molecule has 0 aliphatic heterocycles. The molecule has 1 unspecified atom stereocenters. The van der Waals surface area contributed by atoms with Crippen molar-refractivity contribution in [1.82, 2.24) is 0 Å².